The average molecular weight is 278 g/mol. The number of aromatic nitrogens is 1. The van der Waals surface area contributed by atoms with Crippen molar-refractivity contribution in [2.45, 2.75) is 26.4 Å². The molecule has 20 heavy (non-hydrogen) atoms. The van der Waals surface area contributed by atoms with E-state index in [0.717, 1.165) is 18.2 Å². The highest BCUT2D eigenvalue weighted by Gasteiger charge is 2.04. The van der Waals surface area contributed by atoms with Gasteiger partial charge in [-0.2, -0.15) is 0 Å². The van der Waals surface area contributed by atoms with Crippen LogP contribution >= 0.6 is 0 Å². The van der Waals surface area contributed by atoms with E-state index >= 15 is 0 Å². The van der Waals surface area contributed by atoms with Gasteiger partial charge in [0.05, 0.1) is 5.69 Å². The molecule has 0 radical (unpaired) electrons. The molecule has 0 atom stereocenters. The molecule has 0 aliphatic rings. The van der Waals surface area contributed by atoms with Crippen LogP contribution in [-0.4, -0.2) is 4.57 Å². The molecule has 2 rings (SSSR count). The Balaban J connectivity index is 2.10. The first-order chi connectivity index (χ1) is 9.60. The number of halogens is 2. The Morgan fingerprint density at radius 2 is 2.00 bits per heavy atom. The predicted octanol–water partition coefficient (Wildman–Crippen LogP) is 3.15. The number of benzene rings is 1. The van der Waals surface area contributed by atoms with Crippen LogP contribution < -0.4 is 10.9 Å². The molecular weight excluding hydrogens is 262 g/mol. The molecule has 0 saturated carbocycles. The van der Waals surface area contributed by atoms with Crippen LogP contribution in [0.1, 0.15) is 18.9 Å². The van der Waals surface area contributed by atoms with Gasteiger partial charge in [0.2, 0.25) is 0 Å². The molecule has 1 aromatic carbocycles. The van der Waals surface area contributed by atoms with Gasteiger partial charge in [-0.05, 0) is 18.6 Å². The summed E-state index contributed by atoms with van der Waals surface area (Å²) in [5.74, 6) is -1.18. The van der Waals surface area contributed by atoms with Crippen LogP contribution in [0.4, 0.5) is 14.5 Å². The Bertz CT molecular complexity index is 653. The number of pyridine rings is 1. The molecule has 2 aromatic rings. The van der Waals surface area contributed by atoms with Gasteiger partial charge in [-0.1, -0.05) is 13.0 Å². The molecule has 0 spiro atoms. The van der Waals surface area contributed by atoms with Crippen LogP contribution in [0.5, 0.6) is 0 Å². The van der Waals surface area contributed by atoms with Gasteiger partial charge in [-0.25, -0.2) is 8.78 Å². The molecular formula is C15H16F2N2O. The minimum absolute atomic E-state index is 0.0645. The van der Waals surface area contributed by atoms with Crippen molar-refractivity contribution in [3.05, 3.63) is 64.1 Å². The number of anilines is 1. The lowest BCUT2D eigenvalue weighted by Gasteiger charge is -2.10. The first-order valence-electron chi connectivity index (χ1n) is 6.48. The highest BCUT2D eigenvalue weighted by molar-refractivity contribution is 5.41. The van der Waals surface area contributed by atoms with E-state index in [1.165, 1.54) is 18.2 Å². The van der Waals surface area contributed by atoms with Gasteiger partial charge in [0.1, 0.15) is 11.6 Å². The second-order valence-corrected chi connectivity index (χ2v) is 4.54. The number of rotatable bonds is 5. The average Bonchev–Trinajstić information content (AvgIpc) is 2.41. The fourth-order valence-corrected chi connectivity index (χ4v) is 1.91. The molecule has 0 bridgehead atoms. The summed E-state index contributed by atoms with van der Waals surface area (Å²) in [6.45, 7) is 2.86. The zero-order chi connectivity index (χ0) is 14.5. The lowest BCUT2D eigenvalue weighted by atomic mass is 10.2. The second-order valence-electron chi connectivity index (χ2n) is 4.54. The van der Waals surface area contributed by atoms with Gasteiger partial charge >= 0.3 is 0 Å². The number of aryl methyl sites for hydroxylation is 1. The Labute approximate surface area is 115 Å². The summed E-state index contributed by atoms with van der Waals surface area (Å²) in [6.07, 6.45) is 2.56. The quantitative estimate of drug-likeness (QED) is 0.911. The van der Waals surface area contributed by atoms with E-state index in [0.29, 0.717) is 12.1 Å². The maximum Gasteiger partial charge on any atom is 0.250 e. The summed E-state index contributed by atoms with van der Waals surface area (Å²) in [6, 6.07) is 6.60. The zero-order valence-corrected chi connectivity index (χ0v) is 11.2. The minimum Gasteiger partial charge on any atom is -0.380 e. The molecule has 3 nitrogen and oxygen atoms in total. The van der Waals surface area contributed by atoms with E-state index in [9.17, 15) is 13.6 Å². The molecule has 0 unspecified atom stereocenters. The number of hydrogen-bond donors (Lipinski definition) is 1. The SMILES string of the molecule is CCCn1cc(NCc2ccc(F)cc2F)ccc1=O. The van der Waals surface area contributed by atoms with E-state index in [2.05, 4.69) is 5.32 Å². The Kier molecular flexibility index (Phi) is 4.50. The van der Waals surface area contributed by atoms with Crippen LogP contribution in [0.25, 0.3) is 0 Å². The van der Waals surface area contributed by atoms with Crippen molar-refractivity contribution in [1.82, 2.24) is 4.57 Å². The van der Waals surface area contributed by atoms with Crippen LogP contribution in [0.15, 0.2) is 41.3 Å². The first kappa shape index (κ1) is 14.2. The van der Waals surface area contributed by atoms with Crippen molar-refractivity contribution in [2.24, 2.45) is 0 Å². The summed E-state index contributed by atoms with van der Waals surface area (Å²) in [7, 11) is 0. The largest absolute Gasteiger partial charge is 0.380 e. The van der Waals surface area contributed by atoms with Gasteiger partial charge < -0.3 is 9.88 Å². The Hall–Kier alpha value is -2.17. The summed E-state index contributed by atoms with van der Waals surface area (Å²) >= 11 is 0. The summed E-state index contributed by atoms with van der Waals surface area (Å²) in [5, 5.41) is 3.03. The molecule has 0 fully saturated rings. The maximum atomic E-state index is 13.5. The van der Waals surface area contributed by atoms with Gasteiger partial charge in [-0.15, -0.1) is 0 Å². The predicted molar refractivity (Wildman–Crippen MR) is 74.7 cm³/mol. The summed E-state index contributed by atoms with van der Waals surface area (Å²) < 4.78 is 27.9. The number of nitrogens with zero attached hydrogens (tertiary/aromatic N) is 1. The van der Waals surface area contributed by atoms with Crippen LogP contribution in [0.3, 0.4) is 0 Å². The molecule has 0 saturated heterocycles. The van der Waals surface area contributed by atoms with Gasteiger partial charge in [-0.3, -0.25) is 4.79 Å². The minimum atomic E-state index is -0.595. The van der Waals surface area contributed by atoms with Gasteiger partial charge in [0.15, 0.2) is 0 Å². The Morgan fingerprint density at radius 3 is 2.70 bits per heavy atom. The maximum absolute atomic E-state index is 13.5. The van der Waals surface area contributed by atoms with E-state index in [-0.39, 0.29) is 12.1 Å². The zero-order valence-electron chi connectivity index (χ0n) is 11.2. The van der Waals surface area contributed by atoms with E-state index in [1.807, 2.05) is 6.92 Å². The third kappa shape index (κ3) is 3.44. The van der Waals surface area contributed by atoms with E-state index in [4.69, 9.17) is 0 Å². The number of nitrogens with one attached hydrogen (secondary N) is 1. The highest BCUT2D eigenvalue weighted by Crippen LogP contribution is 2.12. The van der Waals surface area contributed by atoms with Crippen LogP contribution in [-0.2, 0) is 13.1 Å². The highest BCUT2D eigenvalue weighted by atomic mass is 19.1. The second kappa shape index (κ2) is 6.32. The van der Waals surface area contributed by atoms with Crippen molar-refractivity contribution in [3.63, 3.8) is 0 Å². The van der Waals surface area contributed by atoms with Gasteiger partial charge in [0, 0.05) is 37.0 Å². The molecule has 1 N–H and O–H groups in total. The van der Waals surface area contributed by atoms with Crippen LogP contribution in [0, 0.1) is 11.6 Å². The summed E-state index contributed by atoms with van der Waals surface area (Å²) in [5.41, 5.74) is 1.03. The third-order valence-corrected chi connectivity index (χ3v) is 2.95. The Morgan fingerprint density at radius 1 is 1.20 bits per heavy atom. The monoisotopic (exact) mass is 278 g/mol. The molecule has 5 heteroatoms. The van der Waals surface area contributed by atoms with Crippen molar-refractivity contribution >= 4 is 5.69 Å². The van der Waals surface area contributed by atoms with Crippen molar-refractivity contribution in [2.75, 3.05) is 5.32 Å². The topological polar surface area (TPSA) is 34.0 Å². The van der Waals surface area contributed by atoms with Crippen LogP contribution in [0.2, 0.25) is 0 Å². The van der Waals surface area contributed by atoms with E-state index in [1.54, 1.807) is 16.8 Å². The standard InChI is InChI=1S/C15H16F2N2O/c1-2-7-19-10-13(5-6-15(19)20)18-9-11-3-4-12(16)8-14(11)17/h3-6,8,10,18H,2,7,9H2,1H3. The van der Waals surface area contributed by atoms with Crippen molar-refractivity contribution in [3.8, 4) is 0 Å². The fraction of sp³-hybridized carbons (Fsp3) is 0.267. The van der Waals surface area contributed by atoms with Gasteiger partial charge in [0.25, 0.3) is 5.56 Å². The summed E-state index contributed by atoms with van der Waals surface area (Å²) in [4.78, 5) is 11.6. The third-order valence-electron chi connectivity index (χ3n) is 2.95. The number of hydrogen-bond acceptors (Lipinski definition) is 2. The molecule has 1 heterocycles. The lowest BCUT2D eigenvalue weighted by molar-refractivity contribution is 0.574. The fourth-order valence-electron chi connectivity index (χ4n) is 1.91. The van der Waals surface area contributed by atoms with Crippen molar-refractivity contribution < 1.29 is 8.78 Å². The molecule has 0 aliphatic heterocycles. The molecule has 1 aromatic heterocycles. The van der Waals surface area contributed by atoms with Crippen molar-refractivity contribution in [1.29, 1.82) is 0 Å². The molecule has 0 amide bonds. The molecule has 106 valence electrons. The molecule has 0 aliphatic carbocycles. The normalized spacial score (nSPS) is 10.6. The first-order valence-corrected chi connectivity index (χ1v) is 6.48. The smallest absolute Gasteiger partial charge is 0.250 e. The lowest BCUT2D eigenvalue weighted by Crippen LogP contribution is -2.18. The van der Waals surface area contributed by atoms with E-state index < -0.39 is 11.6 Å².